The van der Waals surface area contributed by atoms with Crippen molar-refractivity contribution >= 4 is 16.0 Å². The molecule has 0 amide bonds. The predicted octanol–water partition coefficient (Wildman–Crippen LogP) is 0.135. The van der Waals surface area contributed by atoms with Crippen LogP contribution in [0.2, 0.25) is 0 Å². The van der Waals surface area contributed by atoms with E-state index in [2.05, 4.69) is 15.0 Å². The molecule has 1 fully saturated rings. The van der Waals surface area contributed by atoms with Gasteiger partial charge in [0.2, 0.25) is 5.09 Å². The van der Waals surface area contributed by atoms with Crippen LogP contribution in [0.15, 0.2) is 34.2 Å². The maximum absolute atomic E-state index is 12.9. The fraction of sp³-hybridized carbons (Fsp3) is 0.429. The zero-order valence-corrected chi connectivity index (χ0v) is 14.1. The van der Waals surface area contributed by atoms with Crippen LogP contribution in [0.3, 0.4) is 0 Å². The van der Waals surface area contributed by atoms with Crippen LogP contribution < -0.4 is 5.32 Å². The molecule has 2 aromatic heterocycles. The second-order valence-electron chi connectivity index (χ2n) is 5.38. The number of nitrogens with zero attached hydrogens (tertiary/aromatic N) is 3. The van der Waals surface area contributed by atoms with E-state index in [1.165, 1.54) is 17.5 Å². The summed E-state index contributed by atoms with van der Waals surface area (Å²) in [5.74, 6) is -0.0216. The summed E-state index contributed by atoms with van der Waals surface area (Å²) in [5, 5.41) is 2.88. The highest BCUT2D eigenvalue weighted by atomic mass is 32.2. The number of esters is 1. The average molecular weight is 354 g/mol. The monoisotopic (exact) mass is 354 g/mol. The number of rotatable bonds is 4. The van der Waals surface area contributed by atoms with Crippen molar-refractivity contribution in [3.05, 3.63) is 36.1 Å². The minimum absolute atomic E-state index is 0.0553. The molecule has 3 rings (SSSR count). The Bertz CT molecular complexity index is 841. The van der Waals surface area contributed by atoms with E-state index in [9.17, 15) is 13.2 Å². The maximum Gasteiger partial charge on any atom is 0.341 e. The number of hydrogen-bond donors (Lipinski definition) is 1. The number of aromatic nitrogens is 2. The van der Waals surface area contributed by atoms with E-state index >= 15 is 0 Å². The molecular formula is C14H18N4O5S. The van der Waals surface area contributed by atoms with Gasteiger partial charge < -0.3 is 19.0 Å². The van der Waals surface area contributed by atoms with Crippen LogP contribution in [0.25, 0.3) is 0 Å². The third-order valence-corrected chi connectivity index (χ3v) is 5.69. The molecule has 0 saturated carbocycles. The van der Waals surface area contributed by atoms with Crippen LogP contribution in [-0.4, -0.2) is 55.0 Å². The van der Waals surface area contributed by atoms with Crippen molar-refractivity contribution in [2.45, 2.75) is 11.1 Å². The smallest absolute Gasteiger partial charge is 0.341 e. The highest BCUT2D eigenvalue weighted by Gasteiger charge is 2.38. The van der Waals surface area contributed by atoms with Gasteiger partial charge in [-0.25, -0.2) is 18.2 Å². The highest BCUT2D eigenvalue weighted by molar-refractivity contribution is 7.89. The number of aryl methyl sites for hydroxylation is 1. The van der Waals surface area contributed by atoms with Gasteiger partial charge in [0.1, 0.15) is 12.1 Å². The number of nitrogens with one attached hydrogen (secondary N) is 1. The molecule has 0 spiro atoms. The molecule has 0 aliphatic carbocycles. The number of sulfonamides is 1. The van der Waals surface area contributed by atoms with Crippen molar-refractivity contribution in [3.63, 3.8) is 0 Å². The lowest BCUT2D eigenvalue weighted by molar-refractivity contribution is 0.0600. The minimum Gasteiger partial charge on any atom is -0.465 e. The second kappa shape index (κ2) is 6.38. The molecule has 24 heavy (non-hydrogen) atoms. The number of imidazole rings is 1. The second-order valence-corrected chi connectivity index (χ2v) is 7.20. The van der Waals surface area contributed by atoms with Crippen molar-refractivity contribution in [1.82, 2.24) is 19.2 Å². The molecule has 0 bridgehead atoms. The van der Waals surface area contributed by atoms with Crippen LogP contribution in [0.1, 0.15) is 22.2 Å². The molecule has 1 N–H and O–H groups in total. The van der Waals surface area contributed by atoms with Crippen LogP contribution in [0, 0.1) is 0 Å². The van der Waals surface area contributed by atoms with Crippen molar-refractivity contribution in [2.24, 2.45) is 7.05 Å². The average Bonchev–Trinajstić information content (AvgIpc) is 3.23. The zero-order chi connectivity index (χ0) is 17.3. The van der Waals surface area contributed by atoms with E-state index in [0.29, 0.717) is 18.9 Å². The van der Waals surface area contributed by atoms with Crippen molar-refractivity contribution < 1.29 is 22.4 Å². The van der Waals surface area contributed by atoms with E-state index in [0.717, 1.165) is 6.26 Å². The van der Waals surface area contributed by atoms with Gasteiger partial charge in [0, 0.05) is 45.1 Å². The molecule has 0 aromatic carbocycles. The highest BCUT2D eigenvalue weighted by Crippen LogP contribution is 2.28. The number of ether oxygens (including phenoxy) is 1. The molecule has 130 valence electrons. The Kier molecular flexibility index (Phi) is 4.43. The largest absolute Gasteiger partial charge is 0.465 e. The van der Waals surface area contributed by atoms with Gasteiger partial charge in [0.25, 0.3) is 10.0 Å². The first-order valence-corrected chi connectivity index (χ1v) is 8.76. The fourth-order valence-corrected chi connectivity index (χ4v) is 4.20. The predicted molar refractivity (Wildman–Crippen MR) is 82.8 cm³/mol. The first kappa shape index (κ1) is 16.7. The van der Waals surface area contributed by atoms with Gasteiger partial charge in [-0.05, 0) is 0 Å². The Hall–Kier alpha value is -2.17. The standard InChI is InChI=1S/C14H18N4O5S/c1-17-5-4-16-13(17)11-8-15-3-6-18(11)24(20,21)12-7-10(9-23-12)14(19)22-2/h4-5,7,9,11,15H,3,6,8H2,1-2H3. The summed E-state index contributed by atoms with van der Waals surface area (Å²) in [4.78, 5) is 15.8. The lowest BCUT2D eigenvalue weighted by atomic mass is 10.2. The van der Waals surface area contributed by atoms with Crippen LogP contribution >= 0.6 is 0 Å². The summed E-state index contributed by atoms with van der Waals surface area (Å²) >= 11 is 0. The third kappa shape index (κ3) is 2.83. The Morgan fingerprint density at radius 1 is 1.50 bits per heavy atom. The summed E-state index contributed by atoms with van der Waals surface area (Å²) < 4.78 is 38.7. The Labute approximate surface area is 139 Å². The molecule has 1 aliphatic rings. The summed E-state index contributed by atoms with van der Waals surface area (Å²) in [7, 11) is -0.881. The van der Waals surface area contributed by atoms with Crippen LogP contribution in [0.5, 0.6) is 0 Å². The lowest BCUT2D eigenvalue weighted by Gasteiger charge is -2.33. The van der Waals surface area contributed by atoms with Gasteiger partial charge in [0.15, 0.2) is 0 Å². The van der Waals surface area contributed by atoms with E-state index in [1.807, 2.05) is 7.05 Å². The van der Waals surface area contributed by atoms with Gasteiger partial charge >= 0.3 is 5.97 Å². The van der Waals surface area contributed by atoms with Crippen LogP contribution in [0.4, 0.5) is 0 Å². The molecule has 2 aromatic rings. The summed E-state index contributed by atoms with van der Waals surface area (Å²) in [6.45, 7) is 1.23. The minimum atomic E-state index is -3.91. The molecule has 1 atom stereocenters. The Morgan fingerprint density at radius 3 is 2.96 bits per heavy atom. The maximum atomic E-state index is 12.9. The molecule has 1 aliphatic heterocycles. The molecule has 1 unspecified atom stereocenters. The van der Waals surface area contributed by atoms with Gasteiger partial charge in [-0.2, -0.15) is 4.31 Å². The van der Waals surface area contributed by atoms with Crippen molar-refractivity contribution in [2.75, 3.05) is 26.7 Å². The molecule has 10 heteroatoms. The first-order valence-electron chi connectivity index (χ1n) is 7.31. The fourth-order valence-electron chi connectivity index (χ4n) is 2.68. The van der Waals surface area contributed by atoms with Gasteiger partial charge in [-0.15, -0.1) is 0 Å². The number of furan rings is 1. The van der Waals surface area contributed by atoms with E-state index < -0.39 is 22.0 Å². The van der Waals surface area contributed by atoms with Crippen molar-refractivity contribution in [1.29, 1.82) is 0 Å². The Balaban J connectivity index is 1.96. The first-order chi connectivity index (χ1) is 11.4. The molecule has 0 radical (unpaired) electrons. The third-order valence-electron chi connectivity index (χ3n) is 3.91. The van der Waals surface area contributed by atoms with Gasteiger partial charge in [-0.3, -0.25) is 0 Å². The normalized spacial score (nSPS) is 19.3. The van der Waals surface area contributed by atoms with E-state index in [1.54, 1.807) is 17.0 Å². The summed E-state index contributed by atoms with van der Waals surface area (Å²) in [6.07, 6.45) is 4.46. The van der Waals surface area contributed by atoms with Crippen molar-refractivity contribution in [3.8, 4) is 0 Å². The number of methoxy groups -OCH3 is 1. The number of piperazine rings is 1. The molecule has 1 saturated heterocycles. The number of carbonyl (C=O) groups excluding carboxylic acids is 1. The van der Waals surface area contributed by atoms with Crippen LogP contribution in [-0.2, 0) is 21.8 Å². The zero-order valence-electron chi connectivity index (χ0n) is 13.3. The molecular weight excluding hydrogens is 336 g/mol. The molecule has 3 heterocycles. The quantitative estimate of drug-likeness (QED) is 0.778. The van der Waals surface area contributed by atoms with Gasteiger partial charge in [0.05, 0.1) is 18.7 Å². The Morgan fingerprint density at radius 2 is 2.29 bits per heavy atom. The molecule has 9 nitrogen and oxygen atoms in total. The lowest BCUT2D eigenvalue weighted by Crippen LogP contribution is -2.49. The topological polar surface area (TPSA) is 107 Å². The number of hydrogen-bond acceptors (Lipinski definition) is 7. The summed E-state index contributed by atoms with van der Waals surface area (Å²) in [6, 6.07) is 0.717. The number of carbonyl (C=O) groups is 1. The SMILES string of the molecule is COC(=O)c1coc(S(=O)(=O)N2CCNCC2c2nccn2C)c1. The van der Waals surface area contributed by atoms with E-state index in [-0.39, 0.29) is 17.2 Å². The summed E-state index contributed by atoms with van der Waals surface area (Å²) in [5.41, 5.74) is 0.0553. The van der Waals surface area contributed by atoms with E-state index in [4.69, 9.17) is 4.42 Å². The van der Waals surface area contributed by atoms with Gasteiger partial charge in [-0.1, -0.05) is 0 Å².